The average molecular weight is 698 g/mol. The second-order valence-electron chi connectivity index (χ2n) is 11.7. The first-order chi connectivity index (χ1) is 21.7. The number of rotatable bonds is 9. The molecular weight excluding hydrogens is 655 g/mol. The minimum Gasteiger partial charge on any atom is -0.490 e. The third kappa shape index (κ3) is 8.66. The van der Waals surface area contributed by atoms with Gasteiger partial charge >= 0.3 is 0 Å². The van der Waals surface area contributed by atoms with E-state index < -0.39 is 38.1 Å². The Morgan fingerprint density at radius 1 is 1.20 bits per heavy atom. The van der Waals surface area contributed by atoms with E-state index in [2.05, 4.69) is 9.71 Å². The van der Waals surface area contributed by atoms with Gasteiger partial charge in [0.2, 0.25) is 0 Å². The maximum atomic E-state index is 14.3. The number of thiophene rings is 1. The minimum absolute atomic E-state index is 0.0620. The van der Waals surface area contributed by atoms with Crippen molar-refractivity contribution >= 4 is 43.0 Å². The molecule has 4 atom stereocenters. The second-order valence-corrected chi connectivity index (χ2v) is 16.6. The highest BCUT2D eigenvalue weighted by Crippen LogP contribution is 2.30. The lowest BCUT2D eigenvalue weighted by Gasteiger charge is -2.35. The Morgan fingerprint density at radius 3 is 2.61 bits per heavy atom. The van der Waals surface area contributed by atoms with E-state index in [4.69, 9.17) is 9.47 Å². The van der Waals surface area contributed by atoms with E-state index in [1.807, 2.05) is 13.8 Å². The molecule has 2 aromatic heterocycles. The van der Waals surface area contributed by atoms with Gasteiger partial charge in [-0.1, -0.05) is 13.0 Å². The van der Waals surface area contributed by atoms with Crippen molar-refractivity contribution in [3.63, 3.8) is 0 Å². The van der Waals surface area contributed by atoms with Crippen LogP contribution in [0.1, 0.15) is 50.4 Å². The molecule has 46 heavy (non-hydrogen) atoms. The number of nitrogens with zero attached hydrogens (tertiary/aromatic N) is 4. The van der Waals surface area contributed by atoms with Crippen molar-refractivity contribution in [1.29, 1.82) is 0 Å². The third-order valence-electron chi connectivity index (χ3n) is 7.86. The summed E-state index contributed by atoms with van der Waals surface area (Å²) in [6, 6.07) is 7.13. The van der Waals surface area contributed by atoms with Crippen LogP contribution >= 0.6 is 11.3 Å². The lowest BCUT2D eigenvalue weighted by molar-refractivity contribution is -0.00832. The van der Waals surface area contributed by atoms with Gasteiger partial charge in [-0.3, -0.25) is 9.52 Å². The van der Waals surface area contributed by atoms with Gasteiger partial charge < -0.3 is 24.0 Å². The van der Waals surface area contributed by atoms with Crippen LogP contribution in [0.25, 0.3) is 0 Å². The van der Waals surface area contributed by atoms with Crippen molar-refractivity contribution in [2.75, 3.05) is 38.1 Å². The molecule has 3 aromatic rings. The molecule has 1 amide bonds. The summed E-state index contributed by atoms with van der Waals surface area (Å²) in [6.07, 6.45) is 4.05. The standard InChI is InChI=1S/C30H43N5O8S3/c1-21-16-35(22(2)19-36)30(37)25-15-24(32-45(38,39)28-18-33(4)20-31-28)11-12-26(25)43-23(3)9-6-7-13-42-27(21)17-34(5)46(40,41)29-10-8-14-44-29/h8,10-12,14-15,18,20-23,27,32,36H,6-7,9,13,16-17,19H2,1-5H3/t21-,22-,23-,27+/m1/s1. The maximum absolute atomic E-state index is 14.3. The highest BCUT2D eigenvalue weighted by Gasteiger charge is 2.33. The van der Waals surface area contributed by atoms with Crippen molar-refractivity contribution in [1.82, 2.24) is 18.8 Å². The number of aliphatic hydroxyl groups is 1. The van der Waals surface area contributed by atoms with Crippen LogP contribution in [0.2, 0.25) is 0 Å². The van der Waals surface area contributed by atoms with E-state index in [0.29, 0.717) is 13.0 Å². The number of hydrogen-bond donors (Lipinski definition) is 2. The highest BCUT2D eigenvalue weighted by molar-refractivity contribution is 7.92. The van der Waals surface area contributed by atoms with Crippen LogP contribution in [0.15, 0.2) is 57.5 Å². The van der Waals surface area contributed by atoms with Gasteiger partial charge in [-0.2, -0.15) is 12.7 Å². The number of benzene rings is 1. The third-order valence-corrected chi connectivity index (χ3v) is 12.3. The summed E-state index contributed by atoms with van der Waals surface area (Å²) in [6.45, 7) is 5.71. The Hall–Kier alpha value is -3.02. The summed E-state index contributed by atoms with van der Waals surface area (Å²) >= 11 is 1.14. The van der Waals surface area contributed by atoms with Crippen molar-refractivity contribution in [2.45, 2.75) is 67.5 Å². The Bertz CT molecular complexity index is 1680. The average Bonchev–Trinajstić information content (AvgIpc) is 3.71. The molecule has 1 aliphatic rings. The van der Waals surface area contributed by atoms with Crippen LogP contribution in [0.3, 0.4) is 0 Å². The molecule has 2 N–H and O–H groups in total. The summed E-state index contributed by atoms with van der Waals surface area (Å²) in [4.78, 5) is 19.7. The summed E-state index contributed by atoms with van der Waals surface area (Å²) in [5.41, 5.74) is 0.258. The minimum atomic E-state index is -4.04. The van der Waals surface area contributed by atoms with Gasteiger partial charge in [-0.05, 0) is 62.8 Å². The fourth-order valence-corrected chi connectivity index (χ4v) is 8.52. The first-order valence-corrected chi connectivity index (χ1v) is 18.9. The predicted octanol–water partition coefficient (Wildman–Crippen LogP) is 3.40. The van der Waals surface area contributed by atoms with Gasteiger partial charge in [0, 0.05) is 51.6 Å². The Labute approximate surface area is 275 Å². The van der Waals surface area contributed by atoms with Crippen LogP contribution < -0.4 is 9.46 Å². The molecule has 254 valence electrons. The number of amides is 1. The van der Waals surface area contributed by atoms with Crippen LogP contribution in [-0.4, -0.2) is 98.2 Å². The maximum Gasteiger partial charge on any atom is 0.280 e. The zero-order valence-corrected chi connectivity index (χ0v) is 29.1. The van der Waals surface area contributed by atoms with Crippen molar-refractivity contribution in [3.8, 4) is 5.75 Å². The molecule has 0 fully saturated rings. The number of likely N-dealkylation sites (N-methyl/N-ethyl adjacent to an activating group) is 1. The molecule has 0 spiro atoms. The lowest BCUT2D eigenvalue weighted by Crippen LogP contribution is -2.48. The van der Waals surface area contributed by atoms with Crippen LogP contribution in [0, 0.1) is 5.92 Å². The van der Waals surface area contributed by atoms with Gasteiger partial charge in [0.25, 0.3) is 26.0 Å². The van der Waals surface area contributed by atoms with Gasteiger partial charge in [-0.25, -0.2) is 13.4 Å². The van der Waals surface area contributed by atoms with Gasteiger partial charge in [0.15, 0.2) is 5.03 Å². The molecule has 1 aromatic carbocycles. The molecule has 0 radical (unpaired) electrons. The van der Waals surface area contributed by atoms with E-state index >= 15 is 0 Å². The first-order valence-electron chi connectivity index (χ1n) is 15.1. The number of sulfonamides is 2. The molecular formula is C30H43N5O8S3. The van der Waals surface area contributed by atoms with Crippen LogP contribution in [-0.2, 0) is 31.8 Å². The van der Waals surface area contributed by atoms with Crippen molar-refractivity contribution < 1.29 is 36.2 Å². The smallest absolute Gasteiger partial charge is 0.280 e. The number of aliphatic hydroxyl groups excluding tert-OH is 1. The molecule has 0 aliphatic carbocycles. The van der Waals surface area contributed by atoms with E-state index in [0.717, 1.165) is 24.2 Å². The number of nitrogens with one attached hydrogen (secondary N) is 1. The number of imidazole rings is 1. The van der Waals surface area contributed by atoms with E-state index in [9.17, 15) is 26.7 Å². The molecule has 1 aliphatic heterocycles. The van der Waals surface area contributed by atoms with Gasteiger partial charge in [0.05, 0.1) is 36.7 Å². The summed E-state index contributed by atoms with van der Waals surface area (Å²) in [7, 11) is -4.61. The number of hydrogen-bond acceptors (Lipinski definition) is 10. The largest absolute Gasteiger partial charge is 0.490 e. The van der Waals surface area contributed by atoms with Gasteiger partial charge in [0.1, 0.15) is 9.96 Å². The number of fused-ring (bicyclic) bond motifs is 1. The van der Waals surface area contributed by atoms with Crippen LogP contribution in [0.5, 0.6) is 5.75 Å². The quantitative estimate of drug-likeness (QED) is 0.342. The first kappa shape index (κ1) is 35.8. The normalized spacial score (nSPS) is 21.3. The molecule has 3 heterocycles. The van der Waals surface area contributed by atoms with Gasteiger partial charge in [-0.15, -0.1) is 11.3 Å². The topological polar surface area (TPSA) is 160 Å². The van der Waals surface area contributed by atoms with Crippen molar-refractivity contribution in [3.05, 3.63) is 53.8 Å². The number of aromatic nitrogens is 2. The lowest BCUT2D eigenvalue weighted by atomic mass is 10.0. The summed E-state index contributed by atoms with van der Waals surface area (Å²) in [5.74, 6) is -0.548. The molecule has 0 saturated heterocycles. The summed E-state index contributed by atoms with van der Waals surface area (Å²) in [5, 5.41) is 11.7. The van der Waals surface area contributed by atoms with Crippen molar-refractivity contribution in [2.24, 2.45) is 13.0 Å². The molecule has 0 bridgehead atoms. The number of aryl methyl sites for hydroxylation is 1. The zero-order valence-electron chi connectivity index (χ0n) is 26.7. The Kier molecular flexibility index (Phi) is 11.9. The highest BCUT2D eigenvalue weighted by atomic mass is 32.2. The molecule has 0 saturated carbocycles. The fraction of sp³-hybridized carbons (Fsp3) is 0.533. The summed E-state index contributed by atoms with van der Waals surface area (Å²) < 4.78 is 70.5. The molecule has 4 rings (SSSR count). The number of ether oxygens (including phenoxy) is 2. The fourth-order valence-electron chi connectivity index (χ4n) is 5.10. The predicted molar refractivity (Wildman–Crippen MR) is 175 cm³/mol. The monoisotopic (exact) mass is 697 g/mol. The molecule has 16 heteroatoms. The van der Waals surface area contributed by atoms with E-state index in [1.54, 1.807) is 37.6 Å². The Morgan fingerprint density at radius 2 is 1.96 bits per heavy atom. The van der Waals surface area contributed by atoms with Crippen LogP contribution in [0.4, 0.5) is 5.69 Å². The number of anilines is 1. The SMILES string of the molecule is C[C@@H]1CCCCO[C@@H](CN(C)S(=O)(=O)c2cccs2)[C@H](C)CN([C@H](C)CO)C(=O)c2cc(NS(=O)(=O)c3cn(C)cn3)ccc2O1. The number of carbonyl (C=O) groups excluding carboxylic acids is 1. The molecule has 13 nitrogen and oxygen atoms in total. The molecule has 0 unspecified atom stereocenters. The Balaban J connectivity index is 1.68. The zero-order chi connectivity index (χ0) is 33.6. The number of carbonyl (C=O) groups is 1. The van der Waals surface area contributed by atoms with E-state index in [1.165, 1.54) is 45.5 Å². The van der Waals surface area contributed by atoms with E-state index in [-0.39, 0.29) is 58.0 Å². The second kappa shape index (κ2) is 15.3.